The van der Waals surface area contributed by atoms with E-state index in [1.54, 1.807) is 13.8 Å². The van der Waals surface area contributed by atoms with Crippen LogP contribution in [0.4, 0.5) is 13.2 Å². The first-order valence-electron chi connectivity index (χ1n) is 7.69. The minimum absolute atomic E-state index is 0.0852. The molecule has 1 aromatic heterocycles. The summed E-state index contributed by atoms with van der Waals surface area (Å²) in [6, 6.07) is 6.59. The molecule has 0 amide bonds. The second kappa shape index (κ2) is 6.15. The summed E-state index contributed by atoms with van der Waals surface area (Å²) in [5.74, 6) is -1.40. The van der Waals surface area contributed by atoms with E-state index in [-0.39, 0.29) is 17.9 Å². The van der Waals surface area contributed by atoms with Crippen LogP contribution in [0, 0.1) is 5.41 Å². The number of hydrogen-bond donors (Lipinski definition) is 0. The average molecular weight is 368 g/mol. The molecule has 1 fully saturated rings. The van der Waals surface area contributed by atoms with Gasteiger partial charge in [0, 0.05) is 11.6 Å². The number of benzene rings is 1. The maximum atomic E-state index is 12.7. The van der Waals surface area contributed by atoms with Gasteiger partial charge in [-0.05, 0) is 24.3 Å². The number of hydrogen-bond acceptors (Lipinski definition) is 5. The van der Waals surface area contributed by atoms with Gasteiger partial charge in [0.2, 0.25) is 6.10 Å². The van der Waals surface area contributed by atoms with E-state index < -0.39 is 35.3 Å². The third kappa shape index (κ3) is 3.42. The van der Waals surface area contributed by atoms with E-state index in [2.05, 4.69) is 5.10 Å². The molecular formula is C17H15F3N2O4. The van der Waals surface area contributed by atoms with Crippen LogP contribution in [-0.4, -0.2) is 34.4 Å². The summed E-state index contributed by atoms with van der Waals surface area (Å²) in [6.45, 7) is 3.60. The third-order valence-electron chi connectivity index (χ3n) is 3.96. The van der Waals surface area contributed by atoms with Crippen LogP contribution in [0.5, 0.6) is 0 Å². The Kier molecular flexibility index (Phi) is 4.25. The molecule has 1 atom stereocenters. The Balaban J connectivity index is 1.82. The van der Waals surface area contributed by atoms with Gasteiger partial charge in [-0.15, -0.1) is 0 Å². The van der Waals surface area contributed by atoms with E-state index in [0.717, 1.165) is 16.9 Å². The highest BCUT2D eigenvalue weighted by atomic mass is 19.4. The van der Waals surface area contributed by atoms with Gasteiger partial charge in [-0.1, -0.05) is 19.9 Å². The van der Waals surface area contributed by atoms with E-state index >= 15 is 0 Å². The molecule has 26 heavy (non-hydrogen) atoms. The van der Waals surface area contributed by atoms with Crippen LogP contribution in [0.1, 0.15) is 29.9 Å². The lowest BCUT2D eigenvalue weighted by Gasteiger charge is -2.21. The monoisotopic (exact) mass is 368 g/mol. The molecule has 3 rings (SSSR count). The van der Waals surface area contributed by atoms with Gasteiger partial charge in [-0.3, -0.25) is 0 Å². The second-order valence-electron chi connectivity index (χ2n) is 6.58. The van der Waals surface area contributed by atoms with Crippen molar-refractivity contribution in [2.45, 2.75) is 26.1 Å². The summed E-state index contributed by atoms with van der Waals surface area (Å²) in [5.41, 5.74) is -1.36. The number of esters is 2. The van der Waals surface area contributed by atoms with Crippen molar-refractivity contribution in [3.05, 3.63) is 47.8 Å². The fraction of sp³-hybridized carbons (Fsp3) is 0.353. The number of halogens is 3. The summed E-state index contributed by atoms with van der Waals surface area (Å²) in [6.07, 6.45) is -4.46. The minimum atomic E-state index is -4.56. The number of rotatable bonds is 3. The lowest BCUT2D eigenvalue weighted by atomic mass is 9.90. The molecule has 1 saturated heterocycles. The van der Waals surface area contributed by atoms with Crippen molar-refractivity contribution in [1.29, 1.82) is 0 Å². The molecule has 6 nitrogen and oxygen atoms in total. The topological polar surface area (TPSA) is 70.4 Å². The van der Waals surface area contributed by atoms with Gasteiger partial charge in [-0.2, -0.15) is 18.3 Å². The number of carbonyl (C=O) groups excluding carboxylic acids is 2. The summed E-state index contributed by atoms with van der Waals surface area (Å²) in [4.78, 5) is 24.1. The zero-order valence-corrected chi connectivity index (χ0v) is 13.9. The fourth-order valence-electron chi connectivity index (χ4n) is 2.50. The lowest BCUT2D eigenvalue weighted by Crippen LogP contribution is -2.34. The van der Waals surface area contributed by atoms with Gasteiger partial charge < -0.3 is 9.47 Å². The van der Waals surface area contributed by atoms with Gasteiger partial charge in [0.15, 0.2) is 5.69 Å². The van der Waals surface area contributed by atoms with Crippen molar-refractivity contribution in [2.24, 2.45) is 5.41 Å². The number of aromatic nitrogens is 2. The zero-order valence-electron chi connectivity index (χ0n) is 13.9. The smallest absolute Gasteiger partial charge is 0.435 e. The quantitative estimate of drug-likeness (QED) is 0.779. The molecule has 1 aliphatic rings. The first-order valence-corrected chi connectivity index (χ1v) is 7.69. The van der Waals surface area contributed by atoms with Crippen molar-refractivity contribution < 1.29 is 32.2 Å². The van der Waals surface area contributed by atoms with Crippen LogP contribution in [0.3, 0.4) is 0 Å². The van der Waals surface area contributed by atoms with Crippen molar-refractivity contribution in [2.75, 3.05) is 6.61 Å². The second-order valence-corrected chi connectivity index (χ2v) is 6.58. The average Bonchev–Trinajstić information content (AvgIpc) is 3.16. The molecule has 1 aliphatic heterocycles. The molecular weight excluding hydrogens is 353 g/mol. The molecule has 2 heterocycles. The van der Waals surface area contributed by atoms with Crippen LogP contribution in [-0.2, 0) is 20.4 Å². The Morgan fingerprint density at radius 3 is 2.65 bits per heavy atom. The van der Waals surface area contributed by atoms with Crippen molar-refractivity contribution in [3.8, 4) is 5.69 Å². The van der Waals surface area contributed by atoms with E-state index in [0.29, 0.717) is 0 Å². The number of alkyl halides is 3. The van der Waals surface area contributed by atoms with E-state index in [1.807, 2.05) is 0 Å². The molecule has 9 heteroatoms. The Morgan fingerprint density at radius 2 is 2.08 bits per heavy atom. The van der Waals surface area contributed by atoms with Gasteiger partial charge in [0.05, 0.1) is 11.3 Å². The summed E-state index contributed by atoms with van der Waals surface area (Å²) in [5, 5.41) is 3.46. The Morgan fingerprint density at radius 1 is 1.35 bits per heavy atom. The van der Waals surface area contributed by atoms with Crippen LogP contribution in [0.25, 0.3) is 5.69 Å². The highest BCUT2D eigenvalue weighted by Crippen LogP contribution is 2.32. The maximum absolute atomic E-state index is 12.7. The largest absolute Gasteiger partial charge is 0.462 e. The van der Waals surface area contributed by atoms with E-state index in [1.165, 1.54) is 24.3 Å². The van der Waals surface area contributed by atoms with Gasteiger partial charge >= 0.3 is 18.1 Å². The van der Waals surface area contributed by atoms with Gasteiger partial charge in [0.1, 0.15) is 6.61 Å². The standard InChI is InChI=1S/C17H15F3N2O4/c1-16(2)9-25-15(24)13(16)26-14(23)10-4-3-5-11(8-10)22-7-6-12(21-22)17(18,19)20/h3-8,13H,9H2,1-2H3. The maximum Gasteiger partial charge on any atom is 0.435 e. The first kappa shape index (κ1) is 18.0. The summed E-state index contributed by atoms with van der Waals surface area (Å²) in [7, 11) is 0. The van der Waals surface area contributed by atoms with Gasteiger partial charge in [-0.25, -0.2) is 14.3 Å². The molecule has 0 saturated carbocycles. The number of carbonyl (C=O) groups is 2. The third-order valence-corrected chi connectivity index (χ3v) is 3.96. The minimum Gasteiger partial charge on any atom is -0.462 e. The normalized spacial score (nSPS) is 19.3. The Hall–Kier alpha value is -2.84. The van der Waals surface area contributed by atoms with Crippen LogP contribution in [0.2, 0.25) is 0 Å². The van der Waals surface area contributed by atoms with E-state index in [4.69, 9.17) is 9.47 Å². The van der Waals surface area contributed by atoms with Crippen molar-refractivity contribution in [3.63, 3.8) is 0 Å². The Bertz CT molecular complexity index is 858. The zero-order chi connectivity index (χ0) is 19.1. The highest BCUT2D eigenvalue weighted by Gasteiger charge is 2.46. The molecule has 0 N–H and O–H groups in total. The van der Waals surface area contributed by atoms with Crippen molar-refractivity contribution in [1.82, 2.24) is 9.78 Å². The molecule has 0 spiro atoms. The van der Waals surface area contributed by atoms with Crippen LogP contribution >= 0.6 is 0 Å². The lowest BCUT2D eigenvalue weighted by molar-refractivity contribution is -0.145. The SMILES string of the molecule is CC1(C)COC(=O)C1OC(=O)c1cccc(-n2ccc(C(F)(F)F)n2)c1. The van der Waals surface area contributed by atoms with Gasteiger partial charge in [0.25, 0.3) is 0 Å². The molecule has 1 unspecified atom stereocenters. The first-order chi connectivity index (χ1) is 12.1. The Labute approximate surface area is 146 Å². The molecule has 0 radical (unpaired) electrons. The molecule has 1 aromatic carbocycles. The predicted octanol–water partition coefficient (Wildman–Crippen LogP) is 3.00. The molecule has 0 bridgehead atoms. The predicted molar refractivity (Wildman–Crippen MR) is 82.5 cm³/mol. The molecule has 0 aliphatic carbocycles. The summed E-state index contributed by atoms with van der Waals surface area (Å²) >= 11 is 0. The highest BCUT2D eigenvalue weighted by molar-refractivity contribution is 5.92. The number of ether oxygens (including phenoxy) is 2. The van der Waals surface area contributed by atoms with Crippen LogP contribution in [0.15, 0.2) is 36.5 Å². The van der Waals surface area contributed by atoms with Crippen molar-refractivity contribution >= 4 is 11.9 Å². The molecule has 138 valence electrons. The fourth-order valence-corrected chi connectivity index (χ4v) is 2.50. The molecule has 2 aromatic rings. The van der Waals surface area contributed by atoms with Crippen LogP contribution < -0.4 is 0 Å². The summed E-state index contributed by atoms with van der Waals surface area (Å²) < 4.78 is 49.2. The number of nitrogens with zero attached hydrogens (tertiary/aromatic N) is 2. The number of cyclic esters (lactones) is 1. The van der Waals surface area contributed by atoms with E-state index in [9.17, 15) is 22.8 Å².